The largest absolute Gasteiger partial charge is 0.493 e. The highest BCUT2D eigenvalue weighted by Gasteiger charge is 2.35. The van der Waals surface area contributed by atoms with Gasteiger partial charge in [0.05, 0.1) is 49.6 Å². The number of hydrogen-bond acceptors (Lipinski definition) is 12. The van der Waals surface area contributed by atoms with Gasteiger partial charge < -0.3 is 25.0 Å². The number of nitriles is 1. The minimum atomic E-state index is -4.68. The zero-order valence-electron chi connectivity index (χ0n) is 38.3. The van der Waals surface area contributed by atoms with Gasteiger partial charge in [-0.2, -0.15) is 18.4 Å². The summed E-state index contributed by atoms with van der Waals surface area (Å²) < 4.78 is 51.0. The fourth-order valence-electron chi connectivity index (χ4n) is 9.02. The number of rotatable bonds is 16. The normalized spacial score (nSPS) is 18.4. The molecule has 3 N–H and O–H groups in total. The Kier molecular flexibility index (Phi) is 18.9. The molecule has 3 aliphatic rings. The Morgan fingerprint density at radius 3 is 1.76 bits per heavy atom. The molecule has 4 heterocycles. The number of alkyl halides is 3. The number of piperidine rings is 2. The SMILES string of the molecule is N#Cc1c(-c2ccccc2)ccnc1/C=C/c1cc(OCC2CCN(C(=O)CN3CCN(CC(=O)O)CCN(CC(=O)O)CCN(CC(=O)O)CC3)CC2)c(CN2CCCCC2)cc1C(F)(F)F. The first-order chi connectivity index (χ1) is 32.6. The molecule has 19 heteroatoms. The summed E-state index contributed by atoms with van der Waals surface area (Å²) in [6.45, 7) is 4.41. The van der Waals surface area contributed by atoms with Gasteiger partial charge in [0.1, 0.15) is 11.8 Å². The van der Waals surface area contributed by atoms with E-state index in [0.717, 1.165) is 37.9 Å². The topological polar surface area (TPSA) is 194 Å². The van der Waals surface area contributed by atoms with Gasteiger partial charge in [0, 0.05) is 89.3 Å². The second-order valence-corrected chi connectivity index (χ2v) is 17.7. The van der Waals surface area contributed by atoms with Crippen molar-refractivity contribution in [2.75, 3.05) is 111 Å². The molecule has 0 bridgehead atoms. The molecule has 0 spiro atoms. The molecular weight excluding hydrogens is 886 g/mol. The Morgan fingerprint density at radius 2 is 1.25 bits per heavy atom. The second kappa shape index (κ2) is 24.9. The molecule has 3 aromatic rings. The van der Waals surface area contributed by atoms with Crippen LogP contribution in [0.5, 0.6) is 5.75 Å². The van der Waals surface area contributed by atoms with Gasteiger partial charge in [-0.05, 0) is 80.1 Å². The van der Waals surface area contributed by atoms with E-state index in [-0.39, 0.29) is 94.2 Å². The van der Waals surface area contributed by atoms with Crippen LogP contribution in [0.25, 0.3) is 23.3 Å². The van der Waals surface area contributed by atoms with Crippen molar-refractivity contribution in [2.45, 2.75) is 44.8 Å². The maximum Gasteiger partial charge on any atom is 0.417 e. The van der Waals surface area contributed by atoms with Crippen LogP contribution in [-0.4, -0.2) is 185 Å². The number of carboxylic acids is 3. The van der Waals surface area contributed by atoms with E-state index < -0.39 is 29.6 Å². The first kappa shape index (κ1) is 51.5. The molecular formula is C49H61F3N8O8. The first-order valence-corrected chi connectivity index (χ1v) is 23.2. The maximum atomic E-state index is 14.8. The monoisotopic (exact) mass is 946 g/mol. The smallest absolute Gasteiger partial charge is 0.417 e. The quantitative estimate of drug-likeness (QED) is 0.176. The predicted octanol–water partition coefficient (Wildman–Crippen LogP) is 4.89. The third kappa shape index (κ3) is 15.6. The van der Waals surface area contributed by atoms with Crippen LogP contribution >= 0.6 is 0 Å². The van der Waals surface area contributed by atoms with E-state index in [9.17, 15) is 52.9 Å². The van der Waals surface area contributed by atoms with E-state index in [2.05, 4.69) is 16.0 Å². The summed E-state index contributed by atoms with van der Waals surface area (Å²) in [4.78, 5) is 64.0. The van der Waals surface area contributed by atoms with Crippen molar-refractivity contribution < 1.29 is 52.4 Å². The number of carboxylic acid groups (broad SMARTS) is 3. The fraction of sp³-hybridized carbons (Fsp3) is 0.510. The Morgan fingerprint density at radius 1 is 0.706 bits per heavy atom. The zero-order chi connectivity index (χ0) is 48.6. The summed E-state index contributed by atoms with van der Waals surface area (Å²) in [5.41, 5.74) is 1.36. The molecule has 0 atom stereocenters. The van der Waals surface area contributed by atoms with Crippen LogP contribution in [0.4, 0.5) is 13.2 Å². The molecule has 2 aromatic carbocycles. The summed E-state index contributed by atoms with van der Waals surface area (Å²) in [6, 6.07) is 15.7. The van der Waals surface area contributed by atoms with Gasteiger partial charge in [0.2, 0.25) is 5.91 Å². The van der Waals surface area contributed by atoms with Crippen LogP contribution < -0.4 is 4.74 Å². The number of ether oxygens (including phenoxy) is 1. The second-order valence-electron chi connectivity index (χ2n) is 17.7. The Bertz CT molecular complexity index is 2230. The minimum Gasteiger partial charge on any atom is -0.493 e. The van der Waals surface area contributed by atoms with Gasteiger partial charge in [0.15, 0.2) is 0 Å². The molecule has 366 valence electrons. The third-order valence-corrected chi connectivity index (χ3v) is 12.8. The Labute approximate surface area is 394 Å². The van der Waals surface area contributed by atoms with E-state index >= 15 is 0 Å². The summed E-state index contributed by atoms with van der Waals surface area (Å²) in [5.74, 6) is -2.91. The van der Waals surface area contributed by atoms with E-state index in [4.69, 9.17) is 4.74 Å². The molecule has 0 unspecified atom stereocenters. The molecule has 3 saturated heterocycles. The van der Waals surface area contributed by atoms with E-state index in [1.807, 2.05) is 35.2 Å². The van der Waals surface area contributed by atoms with Gasteiger partial charge in [-0.3, -0.25) is 48.7 Å². The van der Waals surface area contributed by atoms with Gasteiger partial charge in [-0.15, -0.1) is 0 Å². The molecule has 16 nitrogen and oxygen atoms in total. The van der Waals surface area contributed by atoms with Crippen LogP contribution in [0.1, 0.15) is 60.1 Å². The van der Waals surface area contributed by atoms with E-state index in [1.54, 1.807) is 25.7 Å². The molecule has 3 fully saturated rings. The van der Waals surface area contributed by atoms with Gasteiger partial charge >= 0.3 is 24.1 Å². The fourth-order valence-corrected chi connectivity index (χ4v) is 9.02. The van der Waals surface area contributed by atoms with Crippen LogP contribution in [0.3, 0.4) is 0 Å². The van der Waals surface area contributed by atoms with Crippen molar-refractivity contribution in [3.63, 3.8) is 0 Å². The number of benzene rings is 2. The molecule has 3 aliphatic heterocycles. The Balaban J connectivity index is 1.14. The van der Waals surface area contributed by atoms with Crippen molar-refractivity contribution in [3.8, 4) is 22.9 Å². The van der Waals surface area contributed by atoms with Gasteiger partial charge in [-0.1, -0.05) is 42.8 Å². The summed E-state index contributed by atoms with van der Waals surface area (Å²) in [6.07, 6.45) is 3.77. The lowest BCUT2D eigenvalue weighted by atomic mass is 9.97. The highest BCUT2D eigenvalue weighted by molar-refractivity contribution is 5.80. The minimum absolute atomic E-state index is 0.00257. The lowest BCUT2D eigenvalue weighted by Gasteiger charge is -2.35. The van der Waals surface area contributed by atoms with Gasteiger partial charge in [-0.25, -0.2) is 0 Å². The van der Waals surface area contributed by atoms with Crippen molar-refractivity contribution in [2.24, 2.45) is 5.92 Å². The lowest BCUT2D eigenvalue weighted by molar-refractivity contribution is -0.141. The molecule has 0 saturated carbocycles. The molecule has 68 heavy (non-hydrogen) atoms. The van der Waals surface area contributed by atoms with Crippen molar-refractivity contribution in [3.05, 3.63) is 82.7 Å². The first-order valence-electron chi connectivity index (χ1n) is 23.2. The zero-order valence-corrected chi connectivity index (χ0v) is 38.3. The van der Waals surface area contributed by atoms with Crippen LogP contribution in [0, 0.1) is 17.2 Å². The molecule has 6 rings (SSSR count). The van der Waals surface area contributed by atoms with Crippen molar-refractivity contribution in [1.29, 1.82) is 5.26 Å². The third-order valence-electron chi connectivity index (χ3n) is 12.8. The number of halogens is 3. The standard InChI is InChI=1S/C49H61F3N8O8/c50-49(51,52)42-27-39(30-55-15-5-2-6-16-55)44(28-38(42)9-10-43-41(29-53)40(11-14-54-43)37-7-3-1-4-8-37)68-35-36-12-17-60(18-13-36)45(61)31-56-19-21-57(32-46(62)63)23-25-59(34-48(66)67)26-24-58(22-20-56)33-47(64)65/h1,3-4,7-11,14,27-28,36H,2,5-6,12-13,15-26,30-35H2,(H,62,63)(H,64,65)(H,66,67)/b10-9+. The average molecular weight is 947 g/mol. The number of hydrogen-bond donors (Lipinski definition) is 3. The average Bonchev–Trinajstić information content (AvgIpc) is 3.31. The van der Waals surface area contributed by atoms with Crippen LogP contribution in [-0.2, 0) is 31.9 Å². The van der Waals surface area contributed by atoms with Crippen LogP contribution in [0.2, 0.25) is 0 Å². The molecule has 0 aliphatic carbocycles. The summed E-state index contributed by atoms with van der Waals surface area (Å²) >= 11 is 0. The Hall–Kier alpha value is -5.91. The number of carbonyl (C=O) groups excluding carboxylic acids is 1. The number of amides is 1. The lowest BCUT2D eigenvalue weighted by Crippen LogP contribution is -2.50. The number of aromatic nitrogens is 1. The number of nitrogens with zero attached hydrogens (tertiary/aromatic N) is 8. The number of pyridine rings is 1. The van der Waals surface area contributed by atoms with Crippen molar-refractivity contribution in [1.82, 2.24) is 34.4 Å². The van der Waals surface area contributed by atoms with Crippen molar-refractivity contribution >= 4 is 36.0 Å². The molecule has 0 radical (unpaired) electrons. The number of carbonyl (C=O) groups is 4. The summed E-state index contributed by atoms with van der Waals surface area (Å²) in [7, 11) is 0. The predicted molar refractivity (Wildman–Crippen MR) is 247 cm³/mol. The highest BCUT2D eigenvalue weighted by Crippen LogP contribution is 2.38. The maximum absolute atomic E-state index is 14.8. The highest BCUT2D eigenvalue weighted by atomic mass is 19.4. The van der Waals surface area contributed by atoms with Gasteiger partial charge in [0.25, 0.3) is 0 Å². The molecule has 1 amide bonds. The number of likely N-dealkylation sites (tertiary alicyclic amines) is 2. The summed E-state index contributed by atoms with van der Waals surface area (Å²) in [5, 5.41) is 38.7. The molecule has 1 aromatic heterocycles. The van der Waals surface area contributed by atoms with Crippen LogP contribution in [0.15, 0.2) is 54.7 Å². The number of aliphatic carboxylic acids is 3. The van der Waals surface area contributed by atoms with E-state index in [0.29, 0.717) is 69.0 Å². The van der Waals surface area contributed by atoms with E-state index in [1.165, 1.54) is 30.5 Å².